The molecule has 4 N–H and O–H groups in total. The van der Waals surface area contributed by atoms with Gasteiger partial charge in [-0.25, -0.2) is 9.67 Å². The number of rotatable bonds is 4. The van der Waals surface area contributed by atoms with Crippen LogP contribution in [0.25, 0.3) is 0 Å². The summed E-state index contributed by atoms with van der Waals surface area (Å²) >= 11 is 0. The van der Waals surface area contributed by atoms with Gasteiger partial charge in [-0.2, -0.15) is 4.99 Å². The van der Waals surface area contributed by atoms with Gasteiger partial charge in [0.2, 0.25) is 11.9 Å². The molecule has 8 heteroatoms. The quantitative estimate of drug-likeness (QED) is 0.865. The Morgan fingerprint density at radius 1 is 1.00 bits per heavy atom. The van der Waals surface area contributed by atoms with Gasteiger partial charge in [0, 0.05) is 0 Å². The van der Waals surface area contributed by atoms with Gasteiger partial charge >= 0.3 is 0 Å². The largest absolute Gasteiger partial charge is 0.369 e. The highest BCUT2D eigenvalue weighted by molar-refractivity contribution is 5.95. The van der Waals surface area contributed by atoms with E-state index in [0.29, 0.717) is 19.0 Å². The third kappa shape index (κ3) is 3.26. The van der Waals surface area contributed by atoms with Crippen LogP contribution in [0.1, 0.15) is 43.4 Å². The summed E-state index contributed by atoms with van der Waals surface area (Å²) in [4.78, 5) is 10.9. The summed E-state index contributed by atoms with van der Waals surface area (Å²) in [5, 5.41) is 8.57. The van der Waals surface area contributed by atoms with Gasteiger partial charge in [-0.1, -0.05) is 42.0 Å². The second-order valence-electron chi connectivity index (χ2n) is 6.96. The molecule has 0 amide bonds. The number of benzene rings is 1. The van der Waals surface area contributed by atoms with Crippen LogP contribution in [-0.2, 0) is 13.1 Å². The lowest BCUT2D eigenvalue weighted by atomic mass is 9.87. The van der Waals surface area contributed by atoms with E-state index in [1.165, 1.54) is 12.0 Å². The molecule has 0 unspecified atom stereocenters. The summed E-state index contributed by atoms with van der Waals surface area (Å²) in [6.45, 7) is 1.22. The second-order valence-corrected chi connectivity index (χ2v) is 6.96. The second kappa shape index (κ2) is 6.78. The van der Waals surface area contributed by atoms with Crippen LogP contribution in [0, 0.1) is 0 Å². The van der Waals surface area contributed by atoms with Gasteiger partial charge in [-0.15, -0.1) is 5.10 Å². The fourth-order valence-electron chi connectivity index (χ4n) is 3.84. The van der Waals surface area contributed by atoms with Crippen LogP contribution in [0.2, 0.25) is 0 Å². The van der Waals surface area contributed by atoms with Crippen molar-refractivity contribution < 1.29 is 0 Å². The van der Waals surface area contributed by atoms with Gasteiger partial charge in [0.1, 0.15) is 11.4 Å². The molecular weight excluding hydrogens is 328 g/mol. The summed E-state index contributed by atoms with van der Waals surface area (Å²) in [7, 11) is 0. The topological polar surface area (TPSA) is 111 Å². The highest BCUT2D eigenvalue weighted by Gasteiger charge is 2.41. The number of guanidine groups is 2. The summed E-state index contributed by atoms with van der Waals surface area (Å²) in [6.07, 6.45) is 7.26. The maximum atomic E-state index is 6.21. The van der Waals surface area contributed by atoms with Crippen molar-refractivity contribution in [1.82, 2.24) is 19.9 Å². The van der Waals surface area contributed by atoms with Crippen LogP contribution < -0.4 is 11.5 Å². The minimum Gasteiger partial charge on any atom is -0.369 e. The van der Waals surface area contributed by atoms with Crippen LogP contribution in [-0.4, -0.2) is 37.5 Å². The van der Waals surface area contributed by atoms with Crippen molar-refractivity contribution >= 4 is 11.9 Å². The SMILES string of the molecule is NC1=NC2(CCCCC2)N(Cc2cn(Cc3ccccc3)nn2)C(N)=N1. The Morgan fingerprint density at radius 2 is 1.77 bits per heavy atom. The highest BCUT2D eigenvalue weighted by atomic mass is 15.5. The van der Waals surface area contributed by atoms with Crippen molar-refractivity contribution in [3.63, 3.8) is 0 Å². The standard InChI is InChI=1S/C18H24N8/c19-16-21-17(20)26(18(22-16)9-5-2-6-10-18)13-15-12-25(24-23-15)11-14-7-3-1-4-8-14/h1,3-4,7-8,12H,2,5-6,9-11,13H2,(H4,19,20,21,22). The Labute approximate surface area is 152 Å². The molecule has 1 saturated carbocycles. The summed E-state index contributed by atoms with van der Waals surface area (Å²) in [5.74, 6) is 0.686. The minimum atomic E-state index is -0.391. The number of nitrogens with zero attached hydrogens (tertiary/aromatic N) is 6. The first-order valence-corrected chi connectivity index (χ1v) is 9.05. The van der Waals surface area contributed by atoms with Gasteiger partial charge in [-0.05, 0) is 31.2 Å². The molecule has 8 nitrogen and oxygen atoms in total. The average Bonchev–Trinajstić information content (AvgIpc) is 3.07. The summed E-state index contributed by atoms with van der Waals surface area (Å²) in [6, 6.07) is 10.2. The lowest BCUT2D eigenvalue weighted by molar-refractivity contribution is 0.113. The molecule has 0 bridgehead atoms. The average molecular weight is 352 g/mol. The zero-order valence-electron chi connectivity index (χ0n) is 14.8. The fourth-order valence-corrected chi connectivity index (χ4v) is 3.84. The number of hydrogen-bond donors (Lipinski definition) is 2. The van der Waals surface area contributed by atoms with Crippen LogP contribution in [0.5, 0.6) is 0 Å². The molecule has 2 heterocycles. The minimum absolute atomic E-state index is 0.272. The Morgan fingerprint density at radius 3 is 2.54 bits per heavy atom. The predicted molar refractivity (Wildman–Crippen MR) is 100 cm³/mol. The van der Waals surface area contributed by atoms with E-state index in [4.69, 9.17) is 11.5 Å². The molecule has 0 saturated heterocycles. The Bertz CT molecular complexity index is 817. The zero-order valence-corrected chi connectivity index (χ0v) is 14.8. The monoisotopic (exact) mass is 352 g/mol. The molecular formula is C18H24N8. The van der Waals surface area contributed by atoms with E-state index in [1.807, 2.05) is 34.0 Å². The van der Waals surface area contributed by atoms with Gasteiger partial charge in [0.25, 0.3) is 0 Å². The highest BCUT2D eigenvalue weighted by Crippen LogP contribution is 2.37. The van der Waals surface area contributed by atoms with Gasteiger partial charge in [0.05, 0.1) is 19.3 Å². The van der Waals surface area contributed by atoms with E-state index < -0.39 is 5.66 Å². The third-order valence-corrected chi connectivity index (χ3v) is 5.08. The summed E-state index contributed by atoms with van der Waals surface area (Å²) in [5.41, 5.74) is 13.8. The molecule has 0 atom stereocenters. The van der Waals surface area contributed by atoms with E-state index in [-0.39, 0.29) is 5.96 Å². The van der Waals surface area contributed by atoms with Crippen molar-refractivity contribution in [3.05, 3.63) is 47.8 Å². The van der Waals surface area contributed by atoms with E-state index >= 15 is 0 Å². The van der Waals surface area contributed by atoms with E-state index in [2.05, 4.69) is 32.4 Å². The van der Waals surface area contributed by atoms with E-state index in [9.17, 15) is 0 Å². The molecule has 2 aliphatic rings. The molecule has 4 rings (SSSR count). The zero-order chi connectivity index (χ0) is 18.0. The molecule has 26 heavy (non-hydrogen) atoms. The van der Waals surface area contributed by atoms with Crippen molar-refractivity contribution in [3.8, 4) is 0 Å². The van der Waals surface area contributed by atoms with E-state index in [1.54, 1.807) is 0 Å². The molecule has 1 fully saturated rings. The Balaban J connectivity index is 1.53. The van der Waals surface area contributed by atoms with Crippen LogP contribution in [0.4, 0.5) is 0 Å². The molecule has 1 aromatic carbocycles. The smallest absolute Gasteiger partial charge is 0.220 e. The first kappa shape index (κ1) is 16.6. The third-order valence-electron chi connectivity index (χ3n) is 5.08. The predicted octanol–water partition coefficient (Wildman–Crippen LogP) is 1.43. The number of aromatic nitrogens is 3. The lowest BCUT2D eigenvalue weighted by Crippen LogP contribution is -2.57. The summed E-state index contributed by atoms with van der Waals surface area (Å²) < 4.78 is 1.84. The molecule has 1 aromatic heterocycles. The molecule has 136 valence electrons. The maximum absolute atomic E-state index is 6.21. The molecule has 2 aromatic rings. The van der Waals surface area contributed by atoms with Crippen molar-refractivity contribution in [1.29, 1.82) is 0 Å². The maximum Gasteiger partial charge on any atom is 0.220 e. The van der Waals surface area contributed by atoms with Crippen LogP contribution in [0.3, 0.4) is 0 Å². The number of nitrogens with two attached hydrogens (primary N) is 2. The van der Waals surface area contributed by atoms with Gasteiger partial charge in [-0.3, -0.25) is 0 Å². The first-order valence-electron chi connectivity index (χ1n) is 9.05. The first-order chi connectivity index (χ1) is 12.6. The normalized spacial score (nSPS) is 19.3. The molecule has 1 spiro atoms. The number of hydrogen-bond acceptors (Lipinski definition) is 7. The lowest BCUT2D eigenvalue weighted by Gasteiger charge is -2.45. The van der Waals surface area contributed by atoms with Crippen molar-refractivity contribution in [2.75, 3.05) is 0 Å². The molecule has 1 aliphatic heterocycles. The van der Waals surface area contributed by atoms with Crippen LogP contribution >= 0.6 is 0 Å². The van der Waals surface area contributed by atoms with Crippen LogP contribution in [0.15, 0.2) is 46.5 Å². The van der Waals surface area contributed by atoms with Crippen molar-refractivity contribution in [2.24, 2.45) is 21.5 Å². The molecule has 1 aliphatic carbocycles. The van der Waals surface area contributed by atoms with Gasteiger partial charge in [0.15, 0.2) is 0 Å². The fraction of sp³-hybridized carbons (Fsp3) is 0.444. The van der Waals surface area contributed by atoms with Crippen molar-refractivity contribution in [2.45, 2.75) is 50.9 Å². The van der Waals surface area contributed by atoms with E-state index in [0.717, 1.165) is 31.4 Å². The Kier molecular flexibility index (Phi) is 4.32. The number of aliphatic imine (C=N–C) groups is 2. The van der Waals surface area contributed by atoms with Gasteiger partial charge < -0.3 is 16.4 Å². The Hall–Kier alpha value is -2.90. The molecule has 0 radical (unpaired) electrons.